The van der Waals surface area contributed by atoms with Gasteiger partial charge in [-0.25, -0.2) is 4.79 Å². The number of aryl methyl sites for hydroxylation is 1. The number of aromatic carboxylic acids is 1. The largest absolute Gasteiger partial charge is 0.475 e. The van der Waals surface area contributed by atoms with Gasteiger partial charge in [-0.05, 0) is 19.9 Å². The van der Waals surface area contributed by atoms with E-state index in [0.29, 0.717) is 17.3 Å². The molecular formula is C11H11ClN2O3. The number of halogens is 1. The van der Waals surface area contributed by atoms with Crippen LogP contribution in [0, 0.1) is 13.8 Å². The highest BCUT2D eigenvalue weighted by molar-refractivity contribution is 6.31. The zero-order valence-electron chi connectivity index (χ0n) is 9.40. The van der Waals surface area contributed by atoms with Crippen LogP contribution in [0.4, 0.5) is 0 Å². The Morgan fingerprint density at radius 3 is 2.76 bits per heavy atom. The van der Waals surface area contributed by atoms with Crippen molar-refractivity contribution in [2.45, 2.75) is 20.4 Å². The van der Waals surface area contributed by atoms with Crippen molar-refractivity contribution in [3.63, 3.8) is 0 Å². The number of hydrogen-bond donors (Lipinski definition) is 1. The fourth-order valence-electron chi connectivity index (χ4n) is 1.53. The molecule has 0 saturated carbocycles. The van der Waals surface area contributed by atoms with Gasteiger partial charge in [-0.15, -0.1) is 0 Å². The van der Waals surface area contributed by atoms with Gasteiger partial charge in [0.15, 0.2) is 0 Å². The first kappa shape index (κ1) is 11.7. The fourth-order valence-corrected chi connectivity index (χ4v) is 1.67. The highest BCUT2D eigenvalue weighted by Crippen LogP contribution is 2.19. The molecule has 90 valence electrons. The van der Waals surface area contributed by atoms with Crippen molar-refractivity contribution >= 4 is 17.6 Å². The van der Waals surface area contributed by atoms with Crippen molar-refractivity contribution in [3.05, 3.63) is 40.1 Å². The van der Waals surface area contributed by atoms with Crippen LogP contribution in [0.2, 0.25) is 5.02 Å². The Bertz CT molecular complexity index is 571. The lowest BCUT2D eigenvalue weighted by atomic mass is 10.2. The Labute approximate surface area is 103 Å². The van der Waals surface area contributed by atoms with Crippen molar-refractivity contribution in [2.75, 3.05) is 0 Å². The Hall–Kier alpha value is -1.75. The second-order valence-corrected chi connectivity index (χ2v) is 4.14. The number of nitrogens with zero attached hydrogens (tertiary/aromatic N) is 2. The Morgan fingerprint density at radius 1 is 1.59 bits per heavy atom. The van der Waals surface area contributed by atoms with Crippen molar-refractivity contribution in [1.29, 1.82) is 0 Å². The molecule has 0 aliphatic heterocycles. The first-order valence-corrected chi connectivity index (χ1v) is 5.37. The van der Waals surface area contributed by atoms with E-state index in [4.69, 9.17) is 21.1 Å². The smallest absolute Gasteiger partial charge is 0.371 e. The molecule has 6 heteroatoms. The summed E-state index contributed by atoms with van der Waals surface area (Å²) in [5, 5.41) is 13.5. The van der Waals surface area contributed by atoms with E-state index in [1.807, 2.05) is 6.92 Å². The zero-order valence-corrected chi connectivity index (χ0v) is 10.2. The molecule has 0 bridgehead atoms. The molecule has 0 amide bonds. The molecule has 0 aliphatic rings. The molecule has 17 heavy (non-hydrogen) atoms. The van der Waals surface area contributed by atoms with Gasteiger partial charge in [-0.3, -0.25) is 4.68 Å². The summed E-state index contributed by atoms with van der Waals surface area (Å²) in [7, 11) is 0. The van der Waals surface area contributed by atoms with Gasteiger partial charge in [0.2, 0.25) is 5.76 Å². The molecule has 0 spiro atoms. The predicted molar refractivity (Wildman–Crippen MR) is 61.5 cm³/mol. The van der Waals surface area contributed by atoms with Crippen LogP contribution in [0.15, 0.2) is 16.7 Å². The van der Waals surface area contributed by atoms with Gasteiger partial charge < -0.3 is 9.52 Å². The van der Waals surface area contributed by atoms with Gasteiger partial charge in [-0.2, -0.15) is 5.10 Å². The second-order valence-electron chi connectivity index (χ2n) is 3.73. The van der Waals surface area contributed by atoms with Gasteiger partial charge in [0.05, 0.1) is 23.5 Å². The van der Waals surface area contributed by atoms with E-state index in [0.717, 1.165) is 11.3 Å². The maximum atomic E-state index is 10.8. The summed E-state index contributed by atoms with van der Waals surface area (Å²) in [6, 6.07) is 1.51. The Morgan fingerprint density at radius 2 is 2.29 bits per heavy atom. The molecule has 0 fully saturated rings. The maximum absolute atomic E-state index is 10.8. The molecule has 1 N–H and O–H groups in total. The molecule has 5 nitrogen and oxygen atoms in total. The van der Waals surface area contributed by atoms with Crippen LogP contribution in [0.3, 0.4) is 0 Å². The number of aromatic nitrogens is 2. The van der Waals surface area contributed by atoms with Crippen LogP contribution in [0.25, 0.3) is 0 Å². The molecule has 2 aromatic heterocycles. The molecule has 2 aromatic rings. The normalized spacial score (nSPS) is 10.8. The fraction of sp³-hybridized carbons (Fsp3) is 0.273. The molecule has 0 aromatic carbocycles. The predicted octanol–water partition coefficient (Wildman–Crippen LogP) is 2.49. The number of furan rings is 1. The third kappa shape index (κ3) is 2.19. The molecular weight excluding hydrogens is 244 g/mol. The van der Waals surface area contributed by atoms with Crippen molar-refractivity contribution in [1.82, 2.24) is 9.78 Å². The van der Waals surface area contributed by atoms with E-state index < -0.39 is 5.97 Å². The summed E-state index contributed by atoms with van der Waals surface area (Å²) in [5.74, 6) is -0.559. The van der Waals surface area contributed by atoms with Crippen LogP contribution >= 0.6 is 11.6 Å². The lowest BCUT2D eigenvalue weighted by Crippen LogP contribution is -2.03. The summed E-state index contributed by atoms with van der Waals surface area (Å²) >= 11 is 5.89. The Balaban J connectivity index is 2.30. The quantitative estimate of drug-likeness (QED) is 0.914. The van der Waals surface area contributed by atoms with E-state index in [-0.39, 0.29) is 5.76 Å². The molecule has 2 heterocycles. The van der Waals surface area contributed by atoms with Crippen LogP contribution in [-0.4, -0.2) is 20.9 Å². The van der Waals surface area contributed by atoms with Crippen molar-refractivity contribution < 1.29 is 14.3 Å². The van der Waals surface area contributed by atoms with E-state index in [1.165, 1.54) is 6.07 Å². The van der Waals surface area contributed by atoms with Gasteiger partial charge in [0.25, 0.3) is 0 Å². The van der Waals surface area contributed by atoms with Crippen molar-refractivity contribution in [3.8, 4) is 0 Å². The first-order chi connectivity index (χ1) is 7.99. The number of rotatable bonds is 3. The van der Waals surface area contributed by atoms with Gasteiger partial charge in [0, 0.05) is 5.56 Å². The van der Waals surface area contributed by atoms with E-state index in [1.54, 1.807) is 17.8 Å². The lowest BCUT2D eigenvalue weighted by Gasteiger charge is -2.02. The maximum Gasteiger partial charge on any atom is 0.371 e. The summed E-state index contributed by atoms with van der Waals surface area (Å²) in [4.78, 5) is 10.8. The highest BCUT2D eigenvalue weighted by Gasteiger charge is 2.14. The van der Waals surface area contributed by atoms with E-state index >= 15 is 0 Å². The molecule has 0 aliphatic carbocycles. The average molecular weight is 255 g/mol. The van der Waals surface area contributed by atoms with Crippen LogP contribution in [-0.2, 0) is 6.54 Å². The minimum absolute atomic E-state index is 0.0617. The first-order valence-electron chi connectivity index (χ1n) is 4.99. The Kier molecular flexibility index (Phi) is 2.93. The molecule has 2 rings (SSSR count). The number of carboxylic acids is 1. The van der Waals surface area contributed by atoms with E-state index in [9.17, 15) is 4.79 Å². The zero-order chi connectivity index (χ0) is 12.6. The number of carbonyl (C=O) groups is 1. The molecule has 0 radical (unpaired) electrons. The van der Waals surface area contributed by atoms with Gasteiger partial charge in [0.1, 0.15) is 5.76 Å². The summed E-state index contributed by atoms with van der Waals surface area (Å²) in [6.07, 6.45) is 1.56. The summed E-state index contributed by atoms with van der Waals surface area (Å²) in [6.45, 7) is 4.02. The number of hydrogen-bond acceptors (Lipinski definition) is 3. The monoisotopic (exact) mass is 254 g/mol. The number of carboxylic acid groups (broad SMARTS) is 1. The average Bonchev–Trinajstić information content (AvgIpc) is 2.77. The standard InChI is InChI=1S/C11H11ClN2O3/c1-6-9(12)4-13-14(6)5-8-3-10(11(15)16)17-7(8)2/h3-4H,5H2,1-2H3,(H,15,16). The summed E-state index contributed by atoms with van der Waals surface area (Å²) in [5.41, 5.74) is 1.62. The van der Waals surface area contributed by atoms with Crippen molar-refractivity contribution in [2.24, 2.45) is 0 Å². The minimum Gasteiger partial charge on any atom is -0.475 e. The molecule has 0 saturated heterocycles. The third-order valence-corrected chi connectivity index (χ3v) is 2.97. The third-order valence-electron chi connectivity index (χ3n) is 2.59. The van der Waals surface area contributed by atoms with Crippen LogP contribution < -0.4 is 0 Å². The highest BCUT2D eigenvalue weighted by atomic mass is 35.5. The lowest BCUT2D eigenvalue weighted by molar-refractivity contribution is 0.0661. The van der Waals surface area contributed by atoms with Crippen LogP contribution in [0.5, 0.6) is 0 Å². The summed E-state index contributed by atoms with van der Waals surface area (Å²) < 4.78 is 6.82. The van der Waals surface area contributed by atoms with Gasteiger partial charge >= 0.3 is 5.97 Å². The molecule has 0 atom stereocenters. The van der Waals surface area contributed by atoms with E-state index in [2.05, 4.69) is 5.10 Å². The molecule has 0 unspecified atom stereocenters. The van der Waals surface area contributed by atoms with Crippen LogP contribution in [0.1, 0.15) is 27.6 Å². The minimum atomic E-state index is -1.07. The SMILES string of the molecule is Cc1oc(C(=O)O)cc1Cn1ncc(Cl)c1C. The van der Waals surface area contributed by atoms with Gasteiger partial charge in [-0.1, -0.05) is 11.6 Å². The second kappa shape index (κ2) is 4.25. The topological polar surface area (TPSA) is 68.3 Å².